The predicted molar refractivity (Wildman–Crippen MR) is 111 cm³/mol. The van der Waals surface area contributed by atoms with Crippen molar-refractivity contribution in [2.75, 3.05) is 18.0 Å². The summed E-state index contributed by atoms with van der Waals surface area (Å²) in [4.78, 5) is 12.0. The maximum atomic E-state index is 4.91. The van der Waals surface area contributed by atoms with Gasteiger partial charge in [-0.25, -0.2) is 9.97 Å². The van der Waals surface area contributed by atoms with Gasteiger partial charge in [0.25, 0.3) is 0 Å². The van der Waals surface area contributed by atoms with Crippen LogP contribution >= 0.6 is 0 Å². The number of aromatic nitrogens is 5. The van der Waals surface area contributed by atoms with E-state index in [4.69, 9.17) is 9.97 Å². The molecule has 3 aromatic heterocycles. The van der Waals surface area contributed by atoms with Crippen molar-refractivity contribution in [2.24, 2.45) is 0 Å². The van der Waals surface area contributed by atoms with E-state index in [1.807, 2.05) is 23.1 Å². The van der Waals surface area contributed by atoms with Crippen LogP contribution in [0.25, 0.3) is 22.4 Å². The Morgan fingerprint density at radius 3 is 2.61 bits per heavy atom. The van der Waals surface area contributed by atoms with Crippen molar-refractivity contribution < 1.29 is 0 Å². The molecule has 0 atom stereocenters. The van der Waals surface area contributed by atoms with Gasteiger partial charge >= 0.3 is 0 Å². The van der Waals surface area contributed by atoms with Gasteiger partial charge < -0.3 is 9.47 Å². The summed E-state index contributed by atoms with van der Waals surface area (Å²) in [5.74, 6) is 2.00. The molecular weight excluding hydrogens is 348 g/mol. The molecule has 0 spiro atoms. The highest BCUT2D eigenvalue weighted by Crippen LogP contribution is 2.27. The lowest BCUT2D eigenvalue weighted by molar-refractivity contribution is 0.639. The SMILES string of the molecule is CCn1ccc(Cn2c(-c3ccc(N4CCCC4)nc3)nc3ccccc32)n1. The highest BCUT2D eigenvalue weighted by molar-refractivity contribution is 5.80. The Labute approximate surface area is 164 Å². The molecule has 0 saturated carbocycles. The van der Waals surface area contributed by atoms with E-state index in [1.54, 1.807) is 0 Å². The molecule has 4 heterocycles. The minimum Gasteiger partial charge on any atom is -0.357 e. The molecule has 0 N–H and O–H groups in total. The lowest BCUT2D eigenvalue weighted by Crippen LogP contribution is -2.18. The Hall–Kier alpha value is -3.15. The molecule has 1 saturated heterocycles. The Kier molecular flexibility index (Phi) is 4.31. The molecule has 0 bridgehead atoms. The van der Waals surface area contributed by atoms with Crippen molar-refractivity contribution in [3.05, 3.63) is 60.6 Å². The average Bonchev–Trinajstić information content (AvgIpc) is 3.49. The smallest absolute Gasteiger partial charge is 0.143 e. The summed E-state index contributed by atoms with van der Waals surface area (Å²) < 4.78 is 4.20. The van der Waals surface area contributed by atoms with Crippen LogP contribution in [0.15, 0.2) is 54.9 Å². The number of para-hydroxylation sites is 2. The Morgan fingerprint density at radius 2 is 1.86 bits per heavy atom. The Balaban J connectivity index is 1.54. The quantitative estimate of drug-likeness (QED) is 0.532. The van der Waals surface area contributed by atoms with Gasteiger partial charge in [0.2, 0.25) is 0 Å². The van der Waals surface area contributed by atoms with E-state index in [2.05, 4.69) is 57.9 Å². The number of pyridine rings is 1. The third-order valence-electron chi connectivity index (χ3n) is 5.43. The van der Waals surface area contributed by atoms with Gasteiger partial charge in [0, 0.05) is 37.6 Å². The van der Waals surface area contributed by atoms with Crippen molar-refractivity contribution in [3.8, 4) is 11.4 Å². The number of anilines is 1. The lowest BCUT2D eigenvalue weighted by Gasteiger charge is -2.16. The lowest BCUT2D eigenvalue weighted by atomic mass is 10.2. The first-order valence-electron chi connectivity index (χ1n) is 10.0. The number of hydrogen-bond donors (Lipinski definition) is 0. The summed E-state index contributed by atoms with van der Waals surface area (Å²) in [5.41, 5.74) is 4.19. The molecule has 1 aromatic carbocycles. The van der Waals surface area contributed by atoms with E-state index < -0.39 is 0 Å². The monoisotopic (exact) mass is 372 g/mol. The topological polar surface area (TPSA) is 51.8 Å². The summed E-state index contributed by atoms with van der Waals surface area (Å²) in [6.45, 7) is 5.87. The van der Waals surface area contributed by atoms with E-state index in [9.17, 15) is 0 Å². The van der Waals surface area contributed by atoms with Gasteiger partial charge in [-0.15, -0.1) is 0 Å². The summed E-state index contributed by atoms with van der Waals surface area (Å²) >= 11 is 0. The molecule has 28 heavy (non-hydrogen) atoms. The Bertz CT molecular complexity index is 1090. The molecule has 5 rings (SSSR count). The van der Waals surface area contributed by atoms with E-state index in [0.29, 0.717) is 6.54 Å². The van der Waals surface area contributed by atoms with Crippen LogP contribution in [0.4, 0.5) is 5.82 Å². The molecule has 142 valence electrons. The number of nitrogens with zero attached hydrogens (tertiary/aromatic N) is 6. The first kappa shape index (κ1) is 17.0. The second-order valence-electron chi connectivity index (χ2n) is 7.27. The van der Waals surface area contributed by atoms with Crippen LogP contribution in [-0.4, -0.2) is 37.4 Å². The van der Waals surface area contributed by atoms with Crippen LogP contribution < -0.4 is 4.90 Å². The van der Waals surface area contributed by atoms with Crippen molar-refractivity contribution in [1.29, 1.82) is 0 Å². The summed E-state index contributed by atoms with van der Waals surface area (Å²) in [6.07, 6.45) is 6.49. The third kappa shape index (κ3) is 3.05. The first-order chi connectivity index (χ1) is 13.8. The second-order valence-corrected chi connectivity index (χ2v) is 7.27. The van der Waals surface area contributed by atoms with Gasteiger partial charge in [-0.05, 0) is 50.1 Å². The maximum absolute atomic E-state index is 4.91. The molecule has 0 unspecified atom stereocenters. The maximum Gasteiger partial charge on any atom is 0.143 e. The van der Waals surface area contributed by atoms with Crippen molar-refractivity contribution in [3.63, 3.8) is 0 Å². The normalized spacial score (nSPS) is 14.2. The van der Waals surface area contributed by atoms with Crippen LogP contribution in [0.2, 0.25) is 0 Å². The zero-order valence-corrected chi connectivity index (χ0v) is 16.1. The fourth-order valence-electron chi connectivity index (χ4n) is 3.93. The molecule has 1 aliphatic rings. The molecule has 0 amide bonds. The van der Waals surface area contributed by atoms with Gasteiger partial charge in [0.1, 0.15) is 11.6 Å². The minimum atomic E-state index is 0.691. The van der Waals surface area contributed by atoms with E-state index in [1.165, 1.54) is 12.8 Å². The van der Waals surface area contributed by atoms with Crippen LogP contribution in [0.5, 0.6) is 0 Å². The average molecular weight is 372 g/mol. The van der Waals surface area contributed by atoms with E-state index >= 15 is 0 Å². The standard InChI is InChI=1S/C22H24N6/c1-2-27-14-11-18(25-27)16-28-20-8-4-3-7-19(20)24-22(28)17-9-10-21(23-15-17)26-12-5-6-13-26/h3-4,7-11,14-15H,2,5-6,12-13,16H2,1H3. The number of benzene rings is 1. The number of rotatable bonds is 5. The molecule has 1 aliphatic heterocycles. The van der Waals surface area contributed by atoms with Gasteiger partial charge in [-0.3, -0.25) is 4.68 Å². The highest BCUT2D eigenvalue weighted by atomic mass is 15.3. The number of imidazole rings is 1. The summed E-state index contributed by atoms with van der Waals surface area (Å²) in [6, 6.07) is 14.6. The van der Waals surface area contributed by atoms with Crippen molar-refractivity contribution >= 4 is 16.9 Å². The molecule has 4 aromatic rings. The summed E-state index contributed by atoms with van der Waals surface area (Å²) in [5, 5.41) is 4.66. The summed E-state index contributed by atoms with van der Waals surface area (Å²) in [7, 11) is 0. The van der Waals surface area contributed by atoms with Gasteiger partial charge in [-0.2, -0.15) is 5.10 Å². The van der Waals surface area contributed by atoms with Crippen molar-refractivity contribution in [1.82, 2.24) is 24.3 Å². The van der Waals surface area contributed by atoms with Crippen LogP contribution in [-0.2, 0) is 13.1 Å². The third-order valence-corrected chi connectivity index (χ3v) is 5.43. The van der Waals surface area contributed by atoms with Gasteiger partial charge in [-0.1, -0.05) is 12.1 Å². The van der Waals surface area contributed by atoms with E-state index in [0.717, 1.165) is 53.6 Å². The second kappa shape index (κ2) is 7.11. The van der Waals surface area contributed by atoms with Crippen molar-refractivity contribution in [2.45, 2.75) is 32.9 Å². The number of aryl methyl sites for hydroxylation is 1. The fraction of sp³-hybridized carbons (Fsp3) is 0.318. The predicted octanol–water partition coefficient (Wildman–Crippen LogP) is 3.96. The Morgan fingerprint density at radius 1 is 1.00 bits per heavy atom. The zero-order valence-electron chi connectivity index (χ0n) is 16.1. The van der Waals surface area contributed by atoms with Crippen LogP contribution in [0, 0.1) is 0 Å². The molecule has 0 radical (unpaired) electrons. The van der Waals surface area contributed by atoms with Crippen LogP contribution in [0.1, 0.15) is 25.5 Å². The highest BCUT2D eigenvalue weighted by Gasteiger charge is 2.16. The molecule has 0 aliphatic carbocycles. The zero-order chi connectivity index (χ0) is 18.9. The number of fused-ring (bicyclic) bond motifs is 1. The number of hydrogen-bond acceptors (Lipinski definition) is 4. The largest absolute Gasteiger partial charge is 0.357 e. The van der Waals surface area contributed by atoms with Crippen LogP contribution in [0.3, 0.4) is 0 Å². The minimum absolute atomic E-state index is 0.691. The fourth-order valence-corrected chi connectivity index (χ4v) is 3.93. The molecule has 1 fully saturated rings. The van der Waals surface area contributed by atoms with Gasteiger partial charge in [0.05, 0.1) is 23.3 Å². The molecular formula is C22H24N6. The van der Waals surface area contributed by atoms with E-state index in [-0.39, 0.29) is 0 Å². The molecule has 6 nitrogen and oxygen atoms in total. The van der Waals surface area contributed by atoms with Gasteiger partial charge in [0.15, 0.2) is 0 Å². The first-order valence-corrected chi connectivity index (χ1v) is 10.0. The molecule has 6 heteroatoms.